The standard InChI is InChI=1S/C12H9NO4/c14-11(10-7-4-8-17-10)13(12(15)16)9-5-2-1-3-6-9/h1-8H,(H,15,16). The zero-order valence-electron chi connectivity index (χ0n) is 8.74. The molecule has 0 aliphatic rings. The van der Waals surface area contributed by atoms with Crippen LogP contribution in [0.5, 0.6) is 0 Å². The first-order chi connectivity index (χ1) is 8.20. The van der Waals surface area contributed by atoms with Gasteiger partial charge in [0.05, 0.1) is 12.0 Å². The number of nitrogens with zero attached hydrogens (tertiary/aromatic N) is 1. The van der Waals surface area contributed by atoms with E-state index in [0.717, 1.165) is 0 Å². The lowest BCUT2D eigenvalue weighted by molar-refractivity contribution is 0.0957. The number of hydrogen-bond donors (Lipinski definition) is 1. The van der Waals surface area contributed by atoms with Crippen LogP contribution in [0.2, 0.25) is 0 Å². The average Bonchev–Trinajstić information content (AvgIpc) is 2.83. The van der Waals surface area contributed by atoms with Crippen molar-refractivity contribution in [3.8, 4) is 0 Å². The van der Waals surface area contributed by atoms with Crippen molar-refractivity contribution < 1.29 is 19.1 Å². The first kappa shape index (κ1) is 10.9. The number of para-hydroxylation sites is 1. The monoisotopic (exact) mass is 231 g/mol. The van der Waals surface area contributed by atoms with Gasteiger partial charge in [-0.2, -0.15) is 0 Å². The number of imide groups is 1. The first-order valence-corrected chi connectivity index (χ1v) is 4.86. The van der Waals surface area contributed by atoms with Crippen molar-refractivity contribution in [2.75, 3.05) is 4.90 Å². The Kier molecular flexibility index (Phi) is 2.91. The van der Waals surface area contributed by atoms with E-state index in [1.54, 1.807) is 18.2 Å². The predicted octanol–water partition coefficient (Wildman–Crippen LogP) is 2.60. The second kappa shape index (κ2) is 4.52. The minimum atomic E-state index is -1.35. The summed E-state index contributed by atoms with van der Waals surface area (Å²) < 4.78 is 4.89. The number of furan rings is 1. The fourth-order valence-corrected chi connectivity index (χ4v) is 1.40. The van der Waals surface area contributed by atoms with Gasteiger partial charge in [0.2, 0.25) is 0 Å². The van der Waals surface area contributed by atoms with Crippen LogP contribution in [0.1, 0.15) is 10.6 Å². The molecule has 0 atom stereocenters. The molecule has 1 N–H and O–H groups in total. The van der Waals surface area contributed by atoms with Crippen LogP contribution in [0, 0.1) is 0 Å². The zero-order valence-corrected chi connectivity index (χ0v) is 8.74. The summed E-state index contributed by atoms with van der Waals surface area (Å²) in [5.41, 5.74) is 0.279. The second-order valence-corrected chi connectivity index (χ2v) is 3.24. The maximum absolute atomic E-state index is 11.9. The highest BCUT2D eigenvalue weighted by Gasteiger charge is 2.25. The van der Waals surface area contributed by atoms with E-state index in [2.05, 4.69) is 0 Å². The lowest BCUT2D eigenvalue weighted by Crippen LogP contribution is -2.35. The summed E-state index contributed by atoms with van der Waals surface area (Å²) in [7, 11) is 0. The van der Waals surface area contributed by atoms with Crippen LogP contribution in [0.15, 0.2) is 53.1 Å². The smallest absolute Gasteiger partial charge is 0.419 e. The summed E-state index contributed by atoms with van der Waals surface area (Å²) in [5.74, 6) is -0.732. The fraction of sp³-hybridized carbons (Fsp3) is 0. The molecule has 17 heavy (non-hydrogen) atoms. The Bertz CT molecular complexity index is 519. The number of carbonyl (C=O) groups excluding carboxylic acids is 1. The molecule has 0 saturated heterocycles. The molecule has 5 nitrogen and oxygen atoms in total. The fourth-order valence-electron chi connectivity index (χ4n) is 1.40. The third-order valence-corrected chi connectivity index (χ3v) is 2.14. The van der Waals surface area contributed by atoms with E-state index in [0.29, 0.717) is 4.90 Å². The summed E-state index contributed by atoms with van der Waals surface area (Å²) in [6, 6.07) is 11.1. The molecule has 0 spiro atoms. The Hall–Kier alpha value is -2.56. The number of carboxylic acid groups (broad SMARTS) is 1. The van der Waals surface area contributed by atoms with E-state index in [9.17, 15) is 9.59 Å². The van der Waals surface area contributed by atoms with Crippen LogP contribution in [-0.2, 0) is 0 Å². The van der Waals surface area contributed by atoms with Crippen LogP contribution in [0.25, 0.3) is 0 Å². The number of carbonyl (C=O) groups is 2. The molecule has 86 valence electrons. The zero-order chi connectivity index (χ0) is 12.3. The van der Waals surface area contributed by atoms with E-state index in [4.69, 9.17) is 9.52 Å². The molecule has 0 aliphatic carbocycles. The molecule has 0 fully saturated rings. The molecule has 1 aromatic carbocycles. The van der Waals surface area contributed by atoms with Gasteiger partial charge in [0, 0.05) is 0 Å². The van der Waals surface area contributed by atoms with Gasteiger partial charge in [-0.3, -0.25) is 4.79 Å². The van der Waals surface area contributed by atoms with Crippen molar-refractivity contribution in [2.45, 2.75) is 0 Å². The molecule has 0 bridgehead atoms. The molecular formula is C12H9NO4. The lowest BCUT2D eigenvalue weighted by atomic mass is 10.3. The number of rotatable bonds is 2. The van der Waals surface area contributed by atoms with Crippen LogP contribution in [-0.4, -0.2) is 17.1 Å². The maximum atomic E-state index is 11.9. The number of hydrogen-bond acceptors (Lipinski definition) is 3. The molecular weight excluding hydrogens is 222 g/mol. The Morgan fingerprint density at radius 3 is 2.29 bits per heavy atom. The van der Waals surface area contributed by atoms with E-state index in [1.165, 1.54) is 30.5 Å². The van der Waals surface area contributed by atoms with Gasteiger partial charge in [0.15, 0.2) is 5.76 Å². The van der Waals surface area contributed by atoms with E-state index in [1.807, 2.05) is 0 Å². The number of anilines is 1. The van der Waals surface area contributed by atoms with E-state index < -0.39 is 12.0 Å². The summed E-state index contributed by atoms with van der Waals surface area (Å²) in [6.07, 6.45) is -0.0317. The molecule has 1 aromatic heterocycles. The average molecular weight is 231 g/mol. The van der Waals surface area contributed by atoms with Gasteiger partial charge in [0.25, 0.3) is 0 Å². The molecule has 1 heterocycles. The summed E-state index contributed by atoms with van der Waals surface area (Å²) in [4.78, 5) is 23.6. The number of amides is 2. The molecule has 2 rings (SSSR count). The Morgan fingerprint density at radius 1 is 1.06 bits per heavy atom. The van der Waals surface area contributed by atoms with Gasteiger partial charge in [-0.1, -0.05) is 18.2 Å². The van der Waals surface area contributed by atoms with E-state index in [-0.39, 0.29) is 11.4 Å². The third-order valence-electron chi connectivity index (χ3n) is 2.14. The highest BCUT2D eigenvalue weighted by molar-refractivity contribution is 6.17. The molecule has 2 amide bonds. The molecule has 5 heteroatoms. The quantitative estimate of drug-likeness (QED) is 0.862. The van der Waals surface area contributed by atoms with Crippen molar-refractivity contribution >= 4 is 17.7 Å². The van der Waals surface area contributed by atoms with Gasteiger partial charge in [-0.05, 0) is 24.3 Å². The van der Waals surface area contributed by atoms with Crippen LogP contribution < -0.4 is 4.90 Å². The number of benzene rings is 1. The van der Waals surface area contributed by atoms with Crippen molar-refractivity contribution in [3.63, 3.8) is 0 Å². The molecule has 0 aliphatic heterocycles. The van der Waals surface area contributed by atoms with Crippen molar-refractivity contribution in [1.82, 2.24) is 0 Å². The van der Waals surface area contributed by atoms with Crippen LogP contribution in [0.3, 0.4) is 0 Å². The van der Waals surface area contributed by atoms with Gasteiger partial charge in [-0.25, -0.2) is 9.69 Å². The minimum absolute atomic E-state index is 0.0174. The molecule has 0 radical (unpaired) electrons. The van der Waals surface area contributed by atoms with Crippen LogP contribution in [0.4, 0.5) is 10.5 Å². The minimum Gasteiger partial charge on any atom is -0.464 e. The first-order valence-electron chi connectivity index (χ1n) is 4.86. The van der Waals surface area contributed by atoms with Gasteiger partial charge >= 0.3 is 12.0 Å². The highest BCUT2D eigenvalue weighted by Crippen LogP contribution is 2.17. The maximum Gasteiger partial charge on any atom is 0.419 e. The third kappa shape index (κ3) is 2.17. The topological polar surface area (TPSA) is 70.8 Å². The summed E-state index contributed by atoms with van der Waals surface area (Å²) in [6.45, 7) is 0. The van der Waals surface area contributed by atoms with Crippen molar-refractivity contribution in [3.05, 3.63) is 54.5 Å². The van der Waals surface area contributed by atoms with Crippen molar-refractivity contribution in [1.29, 1.82) is 0 Å². The highest BCUT2D eigenvalue weighted by atomic mass is 16.4. The largest absolute Gasteiger partial charge is 0.464 e. The van der Waals surface area contributed by atoms with E-state index >= 15 is 0 Å². The lowest BCUT2D eigenvalue weighted by Gasteiger charge is -2.15. The Balaban J connectivity index is 2.37. The molecule has 0 saturated carbocycles. The SMILES string of the molecule is O=C(O)N(C(=O)c1ccco1)c1ccccc1. The van der Waals surface area contributed by atoms with Crippen LogP contribution >= 0.6 is 0 Å². The Labute approximate surface area is 96.9 Å². The van der Waals surface area contributed by atoms with Gasteiger partial charge in [-0.15, -0.1) is 0 Å². The molecule has 0 unspecified atom stereocenters. The van der Waals surface area contributed by atoms with Gasteiger partial charge < -0.3 is 9.52 Å². The Morgan fingerprint density at radius 2 is 1.76 bits per heavy atom. The molecule has 2 aromatic rings. The second-order valence-electron chi connectivity index (χ2n) is 3.24. The normalized spacial score (nSPS) is 9.88. The summed E-state index contributed by atoms with van der Waals surface area (Å²) in [5, 5.41) is 9.06. The predicted molar refractivity (Wildman–Crippen MR) is 60.0 cm³/mol. The summed E-state index contributed by atoms with van der Waals surface area (Å²) >= 11 is 0. The van der Waals surface area contributed by atoms with Gasteiger partial charge in [0.1, 0.15) is 0 Å². The van der Waals surface area contributed by atoms with Crippen molar-refractivity contribution in [2.24, 2.45) is 0 Å².